The number of nitrogens with zero attached hydrogens (tertiary/aromatic N) is 1. The van der Waals surface area contributed by atoms with Gasteiger partial charge >= 0.3 is 0 Å². The molecule has 0 fully saturated rings. The summed E-state index contributed by atoms with van der Waals surface area (Å²) in [5.41, 5.74) is 2.76. The van der Waals surface area contributed by atoms with E-state index in [9.17, 15) is 0 Å². The van der Waals surface area contributed by atoms with Gasteiger partial charge in [-0.25, -0.2) is 4.98 Å². The lowest BCUT2D eigenvalue weighted by atomic mass is 10.0. The molecule has 0 aromatic carbocycles. The van der Waals surface area contributed by atoms with Crippen molar-refractivity contribution < 1.29 is 0 Å². The van der Waals surface area contributed by atoms with Crippen molar-refractivity contribution in [3.8, 4) is 0 Å². The lowest BCUT2D eigenvalue weighted by Gasteiger charge is -2.06. The number of H-pyrrole nitrogens is 1. The molecule has 0 atom stereocenters. The van der Waals surface area contributed by atoms with Crippen LogP contribution in [0.15, 0.2) is 0 Å². The molecule has 1 aromatic heterocycles. The average molecular weight is 277 g/mol. The van der Waals surface area contributed by atoms with E-state index in [0.717, 1.165) is 18.9 Å². The Kier molecular flexibility index (Phi) is 7.13. The minimum absolute atomic E-state index is 0.890. The van der Waals surface area contributed by atoms with E-state index in [2.05, 4.69) is 17.2 Å². The Hall–Kier alpha value is -0.830. The van der Waals surface area contributed by atoms with Crippen molar-refractivity contribution >= 4 is 0 Å². The largest absolute Gasteiger partial charge is 0.345 e. The lowest BCUT2D eigenvalue weighted by molar-refractivity contribution is 0.556. The zero-order valence-corrected chi connectivity index (χ0v) is 13.1. The Bertz CT molecular complexity index is 341. The molecule has 20 heavy (non-hydrogen) atoms. The second-order valence-corrected chi connectivity index (χ2v) is 6.11. The Morgan fingerprint density at radius 2 is 1.60 bits per heavy atom. The summed E-state index contributed by atoms with van der Waals surface area (Å²) >= 11 is 0. The van der Waals surface area contributed by atoms with Crippen LogP contribution in [-0.2, 0) is 19.4 Å². The zero-order valence-electron chi connectivity index (χ0n) is 13.1. The second kappa shape index (κ2) is 9.17. The summed E-state index contributed by atoms with van der Waals surface area (Å²) in [5, 5.41) is 3.44. The molecule has 114 valence electrons. The van der Waals surface area contributed by atoms with Crippen LogP contribution in [0.2, 0.25) is 0 Å². The molecule has 1 aliphatic rings. The molecule has 0 aliphatic heterocycles. The molecule has 0 saturated heterocycles. The second-order valence-electron chi connectivity index (χ2n) is 6.11. The normalized spacial score (nSPS) is 18.1. The first kappa shape index (κ1) is 15.6. The molecule has 1 aliphatic carbocycles. The van der Waals surface area contributed by atoms with E-state index in [4.69, 9.17) is 4.98 Å². The van der Waals surface area contributed by atoms with E-state index in [0.29, 0.717) is 0 Å². The van der Waals surface area contributed by atoms with Crippen molar-refractivity contribution in [2.45, 2.75) is 84.1 Å². The molecular formula is C17H31N3. The summed E-state index contributed by atoms with van der Waals surface area (Å²) in [4.78, 5) is 8.40. The number of imidazole rings is 1. The van der Waals surface area contributed by atoms with Gasteiger partial charge in [0.15, 0.2) is 0 Å². The molecule has 0 spiro atoms. The maximum Gasteiger partial charge on any atom is 0.120 e. The molecule has 0 amide bonds. The fourth-order valence-electron chi connectivity index (χ4n) is 3.04. The molecule has 1 heterocycles. The van der Waals surface area contributed by atoms with E-state index >= 15 is 0 Å². The highest BCUT2D eigenvalue weighted by Gasteiger charge is 2.10. The van der Waals surface area contributed by atoms with Gasteiger partial charge < -0.3 is 10.3 Å². The van der Waals surface area contributed by atoms with Crippen molar-refractivity contribution in [3.05, 3.63) is 17.2 Å². The predicted octanol–water partition coefficient (Wildman–Crippen LogP) is 4.13. The van der Waals surface area contributed by atoms with E-state index in [-0.39, 0.29) is 0 Å². The van der Waals surface area contributed by atoms with Crippen LogP contribution in [0.1, 0.15) is 81.9 Å². The number of aromatic nitrogens is 2. The van der Waals surface area contributed by atoms with E-state index < -0.39 is 0 Å². The fourth-order valence-corrected chi connectivity index (χ4v) is 3.04. The molecule has 0 saturated carbocycles. The Balaban J connectivity index is 1.94. The first-order valence-corrected chi connectivity index (χ1v) is 8.67. The van der Waals surface area contributed by atoms with Gasteiger partial charge in [0, 0.05) is 5.69 Å². The highest BCUT2D eigenvalue weighted by atomic mass is 15.0. The summed E-state index contributed by atoms with van der Waals surface area (Å²) < 4.78 is 0. The van der Waals surface area contributed by atoms with Crippen LogP contribution < -0.4 is 5.32 Å². The molecule has 0 radical (unpaired) electrons. The van der Waals surface area contributed by atoms with Gasteiger partial charge in [-0.05, 0) is 38.6 Å². The molecule has 3 heteroatoms. The first-order chi connectivity index (χ1) is 9.90. The minimum atomic E-state index is 0.890. The van der Waals surface area contributed by atoms with Gasteiger partial charge in [0.05, 0.1) is 12.2 Å². The van der Waals surface area contributed by atoms with Crippen molar-refractivity contribution in [1.82, 2.24) is 15.3 Å². The minimum Gasteiger partial charge on any atom is -0.345 e. The highest BCUT2D eigenvalue weighted by Crippen LogP contribution is 2.17. The van der Waals surface area contributed by atoms with Crippen LogP contribution in [-0.4, -0.2) is 16.5 Å². The van der Waals surface area contributed by atoms with Gasteiger partial charge in [-0.2, -0.15) is 0 Å². The van der Waals surface area contributed by atoms with Gasteiger partial charge in [-0.1, -0.05) is 45.4 Å². The molecule has 2 rings (SSSR count). The van der Waals surface area contributed by atoms with Crippen LogP contribution in [0.4, 0.5) is 0 Å². The summed E-state index contributed by atoms with van der Waals surface area (Å²) in [5.74, 6) is 1.14. The molecule has 0 unspecified atom stereocenters. The van der Waals surface area contributed by atoms with Crippen molar-refractivity contribution in [2.75, 3.05) is 6.54 Å². The van der Waals surface area contributed by atoms with Gasteiger partial charge in [0.2, 0.25) is 0 Å². The molecule has 0 bridgehead atoms. The van der Waals surface area contributed by atoms with Gasteiger partial charge in [-0.3, -0.25) is 0 Å². The van der Waals surface area contributed by atoms with Gasteiger partial charge in [-0.15, -0.1) is 0 Å². The van der Waals surface area contributed by atoms with Crippen molar-refractivity contribution in [2.24, 2.45) is 0 Å². The number of rotatable bonds is 4. The number of fused-ring (bicyclic) bond motifs is 1. The average Bonchev–Trinajstić information content (AvgIpc) is 2.81. The SMILES string of the molecule is CCCNCc1nc2c([nH]1)CCCCCCCCCC2. The summed E-state index contributed by atoms with van der Waals surface area (Å²) in [6.07, 6.45) is 14.6. The Morgan fingerprint density at radius 1 is 0.950 bits per heavy atom. The third-order valence-corrected chi connectivity index (χ3v) is 4.22. The fraction of sp³-hybridized carbons (Fsp3) is 0.824. The number of aromatic amines is 1. The van der Waals surface area contributed by atoms with E-state index in [1.54, 1.807) is 0 Å². The topological polar surface area (TPSA) is 40.7 Å². The van der Waals surface area contributed by atoms with Crippen molar-refractivity contribution in [3.63, 3.8) is 0 Å². The highest BCUT2D eigenvalue weighted by molar-refractivity contribution is 5.15. The third-order valence-electron chi connectivity index (χ3n) is 4.22. The summed E-state index contributed by atoms with van der Waals surface area (Å²) in [7, 11) is 0. The number of hydrogen-bond donors (Lipinski definition) is 2. The molecule has 1 aromatic rings. The number of aryl methyl sites for hydroxylation is 2. The predicted molar refractivity (Wildman–Crippen MR) is 84.9 cm³/mol. The summed E-state index contributed by atoms with van der Waals surface area (Å²) in [6, 6.07) is 0. The van der Waals surface area contributed by atoms with Gasteiger partial charge in [0.25, 0.3) is 0 Å². The molecule has 3 nitrogen and oxygen atoms in total. The Morgan fingerprint density at radius 3 is 2.30 bits per heavy atom. The van der Waals surface area contributed by atoms with Crippen LogP contribution in [0.25, 0.3) is 0 Å². The maximum atomic E-state index is 4.83. The van der Waals surface area contributed by atoms with Crippen molar-refractivity contribution in [1.29, 1.82) is 0 Å². The quantitative estimate of drug-likeness (QED) is 0.812. The standard InChI is InChI=1S/C17H31N3/c1-2-13-18-14-17-19-15-11-9-7-5-3-4-6-8-10-12-16(15)20-17/h18H,2-14H2,1H3,(H,19,20). The van der Waals surface area contributed by atoms with Gasteiger partial charge in [0.1, 0.15) is 5.82 Å². The lowest BCUT2D eigenvalue weighted by Crippen LogP contribution is -2.14. The molecule has 2 N–H and O–H groups in total. The van der Waals surface area contributed by atoms with Crippen LogP contribution in [0.5, 0.6) is 0 Å². The smallest absolute Gasteiger partial charge is 0.120 e. The summed E-state index contributed by atoms with van der Waals surface area (Å²) in [6.45, 7) is 4.17. The zero-order chi connectivity index (χ0) is 14.0. The molecular weight excluding hydrogens is 246 g/mol. The van der Waals surface area contributed by atoms with Crippen LogP contribution in [0, 0.1) is 0 Å². The Labute approximate surface area is 124 Å². The van der Waals surface area contributed by atoms with Crippen LogP contribution in [0.3, 0.4) is 0 Å². The third kappa shape index (κ3) is 5.28. The number of hydrogen-bond acceptors (Lipinski definition) is 2. The van der Waals surface area contributed by atoms with E-state index in [1.165, 1.54) is 82.0 Å². The first-order valence-electron chi connectivity index (χ1n) is 8.67. The monoisotopic (exact) mass is 277 g/mol. The number of nitrogens with one attached hydrogen (secondary N) is 2. The van der Waals surface area contributed by atoms with E-state index in [1.807, 2.05) is 0 Å². The maximum absolute atomic E-state index is 4.83. The van der Waals surface area contributed by atoms with Crippen LogP contribution >= 0.6 is 0 Å².